The van der Waals surface area contributed by atoms with Crippen molar-refractivity contribution in [1.82, 2.24) is 20.2 Å². The van der Waals surface area contributed by atoms with E-state index >= 15 is 0 Å². The van der Waals surface area contributed by atoms with E-state index in [1.54, 1.807) is 17.5 Å². The normalized spacial score (nSPS) is 11.2. The van der Waals surface area contributed by atoms with Crippen LogP contribution < -0.4 is 11.1 Å². The molecule has 0 bridgehead atoms. The van der Waals surface area contributed by atoms with Gasteiger partial charge < -0.3 is 16.0 Å². The molecular weight excluding hydrogens is 394 g/mol. The zero-order valence-electron chi connectivity index (χ0n) is 16.9. The van der Waals surface area contributed by atoms with Gasteiger partial charge in [0.1, 0.15) is 10.8 Å². The summed E-state index contributed by atoms with van der Waals surface area (Å²) in [6.45, 7) is 1.39. The minimum absolute atomic E-state index is 0.0894. The summed E-state index contributed by atoms with van der Waals surface area (Å²) in [7, 11) is 3.95. The molecule has 0 fully saturated rings. The van der Waals surface area contributed by atoms with Crippen LogP contribution in [0.4, 0.5) is 5.82 Å². The summed E-state index contributed by atoms with van der Waals surface area (Å²) in [6, 6.07) is 17.5. The van der Waals surface area contributed by atoms with E-state index in [0.717, 1.165) is 38.5 Å². The number of fused-ring (bicyclic) bond motifs is 1. The smallest absolute Gasteiger partial charge is 0.251 e. The van der Waals surface area contributed by atoms with Gasteiger partial charge in [-0.2, -0.15) is 0 Å². The maximum absolute atomic E-state index is 12.5. The van der Waals surface area contributed by atoms with Crippen LogP contribution in [0.1, 0.15) is 10.4 Å². The number of anilines is 1. The molecule has 3 N–H and O–H groups in total. The van der Waals surface area contributed by atoms with Crippen LogP contribution in [0.5, 0.6) is 0 Å². The summed E-state index contributed by atoms with van der Waals surface area (Å²) in [5.41, 5.74) is 10.3. The highest BCUT2D eigenvalue weighted by atomic mass is 32.1. The van der Waals surface area contributed by atoms with Crippen molar-refractivity contribution in [1.29, 1.82) is 0 Å². The van der Waals surface area contributed by atoms with E-state index in [1.165, 1.54) is 0 Å². The SMILES string of the molecule is CN(C)CCNC(=O)c1cccc(-c2cnc(N)c(-c3nc4ccccc4s3)c2)c1. The van der Waals surface area contributed by atoms with Crippen LogP contribution in [-0.4, -0.2) is 48.0 Å². The summed E-state index contributed by atoms with van der Waals surface area (Å²) in [5.74, 6) is 0.351. The number of likely N-dealkylation sites (N-methyl/N-ethyl adjacent to an activating group) is 1. The Bertz CT molecular complexity index is 1170. The first kappa shape index (κ1) is 20.0. The van der Waals surface area contributed by atoms with Crippen LogP contribution in [0.25, 0.3) is 31.9 Å². The lowest BCUT2D eigenvalue weighted by Crippen LogP contribution is -2.31. The second-order valence-corrected chi connectivity index (χ2v) is 8.31. The molecule has 0 aliphatic heterocycles. The van der Waals surface area contributed by atoms with Gasteiger partial charge in [-0.05, 0) is 50.0 Å². The van der Waals surface area contributed by atoms with Gasteiger partial charge in [0.05, 0.1) is 15.8 Å². The molecule has 2 aromatic carbocycles. The van der Waals surface area contributed by atoms with Crippen molar-refractivity contribution in [3.63, 3.8) is 0 Å². The summed E-state index contributed by atoms with van der Waals surface area (Å²) in [4.78, 5) is 23.6. The predicted octanol–water partition coefficient (Wildman–Crippen LogP) is 3.90. The molecule has 0 saturated carbocycles. The van der Waals surface area contributed by atoms with Gasteiger partial charge in [-0.1, -0.05) is 24.3 Å². The largest absolute Gasteiger partial charge is 0.383 e. The van der Waals surface area contributed by atoms with E-state index < -0.39 is 0 Å². The minimum Gasteiger partial charge on any atom is -0.383 e. The van der Waals surface area contributed by atoms with E-state index in [2.05, 4.69) is 10.3 Å². The van der Waals surface area contributed by atoms with E-state index in [4.69, 9.17) is 10.7 Å². The lowest BCUT2D eigenvalue weighted by molar-refractivity contribution is 0.0951. The van der Waals surface area contributed by atoms with Gasteiger partial charge in [-0.3, -0.25) is 4.79 Å². The quantitative estimate of drug-likeness (QED) is 0.497. The molecule has 0 aliphatic carbocycles. The summed E-state index contributed by atoms with van der Waals surface area (Å²) < 4.78 is 1.11. The number of hydrogen-bond donors (Lipinski definition) is 2. The van der Waals surface area contributed by atoms with E-state index in [9.17, 15) is 4.79 Å². The number of para-hydroxylation sites is 1. The molecule has 0 radical (unpaired) electrons. The molecule has 4 aromatic rings. The maximum atomic E-state index is 12.5. The molecule has 152 valence electrons. The van der Waals surface area contributed by atoms with E-state index in [-0.39, 0.29) is 5.91 Å². The Labute approximate surface area is 179 Å². The number of thiazole rings is 1. The van der Waals surface area contributed by atoms with Crippen molar-refractivity contribution in [2.75, 3.05) is 32.9 Å². The second kappa shape index (κ2) is 8.61. The van der Waals surface area contributed by atoms with Crippen LogP contribution in [0, 0.1) is 0 Å². The fourth-order valence-electron chi connectivity index (χ4n) is 3.13. The third-order valence-corrected chi connectivity index (χ3v) is 5.82. The number of nitrogens with zero attached hydrogens (tertiary/aromatic N) is 3. The molecule has 6 nitrogen and oxygen atoms in total. The van der Waals surface area contributed by atoms with Crippen molar-refractivity contribution in [3.8, 4) is 21.7 Å². The molecule has 7 heteroatoms. The number of hydrogen-bond acceptors (Lipinski definition) is 6. The average Bonchev–Trinajstić information content (AvgIpc) is 3.18. The zero-order chi connectivity index (χ0) is 21.1. The fraction of sp³-hybridized carbons (Fsp3) is 0.174. The maximum Gasteiger partial charge on any atom is 0.251 e. The third-order valence-electron chi connectivity index (χ3n) is 4.75. The first-order valence-electron chi connectivity index (χ1n) is 9.66. The molecule has 1 amide bonds. The Morgan fingerprint density at radius 1 is 1.10 bits per heavy atom. The molecule has 0 spiro atoms. The van der Waals surface area contributed by atoms with Crippen molar-refractivity contribution in [3.05, 3.63) is 66.4 Å². The van der Waals surface area contributed by atoms with Crippen LogP contribution in [0.3, 0.4) is 0 Å². The highest BCUT2D eigenvalue weighted by molar-refractivity contribution is 7.21. The van der Waals surface area contributed by atoms with E-state index in [1.807, 2.05) is 73.6 Å². The zero-order valence-corrected chi connectivity index (χ0v) is 17.7. The van der Waals surface area contributed by atoms with E-state index in [0.29, 0.717) is 17.9 Å². The Hall–Kier alpha value is -3.29. The summed E-state index contributed by atoms with van der Waals surface area (Å²) >= 11 is 1.59. The van der Waals surface area contributed by atoms with Crippen molar-refractivity contribution < 1.29 is 4.79 Å². The number of nitrogens with two attached hydrogens (primary N) is 1. The number of pyridine rings is 1. The molecule has 0 saturated heterocycles. The van der Waals surface area contributed by atoms with Crippen LogP contribution in [-0.2, 0) is 0 Å². The first-order chi connectivity index (χ1) is 14.5. The van der Waals surface area contributed by atoms with Gasteiger partial charge in [-0.15, -0.1) is 11.3 Å². The van der Waals surface area contributed by atoms with Gasteiger partial charge in [0.15, 0.2) is 0 Å². The molecule has 0 unspecified atom stereocenters. The number of rotatable bonds is 6. The van der Waals surface area contributed by atoms with Gasteiger partial charge in [0.2, 0.25) is 0 Å². The van der Waals surface area contributed by atoms with Crippen LogP contribution in [0.2, 0.25) is 0 Å². The van der Waals surface area contributed by atoms with Gasteiger partial charge in [-0.25, -0.2) is 9.97 Å². The lowest BCUT2D eigenvalue weighted by atomic mass is 10.0. The fourth-order valence-corrected chi connectivity index (χ4v) is 4.12. The van der Waals surface area contributed by atoms with Crippen LogP contribution >= 0.6 is 11.3 Å². The predicted molar refractivity (Wildman–Crippen MR) is 124 cm³/mol. The number of nitrogens with one attached hydrogen (secondary N) is 1. The monoisotopic (exact) mass is 417 g/mol. The number of carbonyl (C=O) groups excluding carboxylic acids is 1. The Balaban J connectivity index is 1.63. The number of nitrogen functional groups attached to an aromatic ring is 1. The van der Waals surface area contributed by atoms with Crippen molar-refractivity contribution in [2.45, 2.75) is 0 Å². The molecule has 0 atom stereocenters. The molecular formula is C23H23N5OS. The Kier molecular flexibility index (Phi) is 5.74. The average molecular weight is 418 g/mol. The Morgan fingerprint density at radius 3 is 2.73 bits per heavy atom. The van der Waals surface area contributed by atoms with Crippen molar-refractivity contribution >= 4 is 33.3 Å². The summed E-state index contributed by atoms with van der Waals surface area (Å²) in [6.07, 6.45) is 1.73. The number of carbonyl (C=O) groups is 1. The topological polar surface area (TPSA) is 84.1 Å². The van der Waals surface area contributed by atoms with Gasteiger partial charge in [0.25, 0.3) is 5.91 Å². The minimum atomic E-state index is -0.0894. The second-order valence-electron chi connectivity index (χ2n) is 7.28. The lowest BCUT2D eigenvalue weighted by Gasteiger charge is -2.11. The standard InChI is InChI=1S/C23H23N5OS/c1-28(2)11-10-25-22(29)16-7-5-6-15(12-16)17-13-18(21(24)26-14-17)23-27-19-8-3-4-9-20(19)30-23/h3-9,12-14H,10-11H2,1-2H3,(H2,24,26)(H,25,29). The molecule has 2 heterocycles. The number of benzene rings is 2. The number of amides is 1. The summed E-state index contributed by atoms with van der Waals surface area (Å²) in [5, 5.41) is 3.78. The van der Waals surface area contributed by atoms with Gasteiger partial charge >= 0.3 is 0 Å². The van der Waals surface area contributed by atoms with Gasteiger partial charge in [0, 0.05) is 30.4 Å². The first-order valence-corrected chi connectivity index (χ1v) is 10.5. The van der Waals surface area contributed by atoms with Crippen molar-refractivity contribution in [2.24, 2.45) is 0 Å². The highest BCUT2D eigenvalue weighted by Gasteiger charge is 2.13. The number of aromatic nitrogens is 2. The molecule has 0 aliphatic rings. The third kappa shape index (κ3) is 4.32. The highest BCUT2D eigenvalue weighted by Crippen LogP contribution is 2.35. The Morgan fingerprint density at radius 2 is 1.93 bits per heavy atom. The molecule has 2 aromatic heterocycles. The molecule has 4 rings (SSSR count). The van der Waals surface area contributed by atoms with Crippen LogP contribution in [0.15, 0.2) is 60.8 Å². The molecule has 30 heavy (non-hydrogen) atoms.